The summed E-state index contributed by atoms with van der Waals surface area (Å²) in [7, 11) is 1.65. The summed E-state index contributed by atoms with van der Waals surface area (Å²) in [6, 6.07) is 7.90. The van der Waals surface area contributed by atoms with Crippen molar-refractivity contribution in [3.63, 3.8) is 0 Å². The first kappa shape index (κ1) is 13.6. The molecular formula is C15H18N4O2. The molecule has 0 radical (unpaired) electrons. The molecule has 2 N–H and O–H groups in total. The number of benzene rings is 1. The number of nitrogens with one attached hydrogen (secondary N) is 2. The maximum absolute atomic E-state index is 12.4. The molecule has 1 unspecified atom stereocenters. The van der Waals surface area contributed by atoms with E-state index in [4.69, 9.17) is 4.74 Å². The lowest BCUT2D eigenvalue weighted by atomic mass is 10.0. The SMILES string of the molecule is COCCn1cc(NC(=O)C2CNc3ccccc32)cn1. The maximum atomic E-state index is 12.4. The summed E-state index contributed by atoms with van der Waals surface area (Å²) >= 11 is 0. The van der Waals surface area contributed by atoms with Crippen molar-refractivity contribution in [2.24, 2.45) is 0 Å². The minimum Gasteiger partial charge on any atom is -0.384 e. The maximum Gasteiger partial charge on any atom is 0.233 e. The number of para-hydroxylation sites is 1. The van der Waals surface area contributed by atoms with Crippen LogP contribution in [-0.4, -0.2) is 35.9 Å². The van der Waals surface area contributed by atoms with Gasteiger partial charge in [0.15, 0.2) is 0 Å². The van der Waals surface area contributed by atoms with Gasteiger partial charge in [-0.2, -0.15) is 5.10 Å². The molecule has 0 bridgehead atoms. The number of carbonyl (C=O) groups is 1. The number of anilines is 2. The minimum atomic E-state index is -0.163. The summed E-state index contributed by atoms with van der Waals surface area (Å²) in [6.07, 6.45) is 3.47. The zero-order valence-electron chi connectivity index (χ0n) is 11.9. The first-order valence-electron chi connectivity index (χ1n) is 6.93. The third-order valence-corrected chi connectivity index (χ3v) is 3.57. The van der Waals surface area contributed by atoms with Crippen LogP contribution in [0.15, 0.2) is 36.7 Å². The molecule has 0 fully saturated rings. The van der Waals surface area contributed by atoms with Crippen molar-refractivity contribution in [2.75, 3.05) is 30.9 Å². The van der Waals surface area contributed by atoms with Gasteiger partial charge in [-0.3, -0.25) is 9.48 Å². The van der Waals surface area contributed by atoms with Crippen molar-refractivity contribution in [1.29, 1.82) is 0 Å². The van der Waals surface area contributed by atoms with Crippen LogP contribution >= 0.6 is 0 Å². The average Bonchev–Trinajstić information content (AvgIpc) is 3.11. The van der Waals surface area contributed by atoms with Crippen LogP contribution in [0.4, 0.5) is 11.4 Å². The highest BCUT2D eigenvalue weighted by Crippen LogP contribution is 2.31. The highest BCUT2D eigenvalue weighted by molar-refractivity contribution is 5.98. The average molecular weight is 286 g/mol. The number of aromatic nitrogens is 2. The van der Waals surface area contributed by atoms with E-state index in [9.17, 15) is 4.79 Å². The molecule has 21 heavy (non-hydrogen) atoms. The lowest BCUT2D eigenvalue weighted by Gasteiger charge is -2.09. The van der Waals surface area contributed by atoms with Crippen molar-refractivity contribution in [3.8, 4) is 0 Å². The Morgan fingerprint density at radius 2 is 2.38 bits per heavy atom. The molecule has 1 atom stereocenters. The fraction of sp³-hybridized carbons (Fsp3) is 0.333. The molecule has 1 aromatic carbocycles. The lowest BCUT2D eigenvalue weighted by Crippen LogP contribution is -2.22. The van der Waals surface area contributed by atoms with E-state index in [1.165, 1.54) is 0 Å². The van der Waals surface area contributed by atoms with Crippen LogP contribution < -0.4 is 10.6 Å². The summed E-state index contributed by atoms with van der Waals surface area (Å²) in [5, 5.41) is 10.4. The summed E-state index contributed by atoms with van der Waals surface area (Å²) < 4.78 is 6.75. The summed E-state index contributed by atoms with van der Waals surface area (Å²) in [4.78, 5) is 12.4. The molecule has 0 saturated heterocycles. The molecule has 0 aliphatic carbocycles. The summed E-state index contributed by atoms with van der Waals surface area (Å²) in [5.74, 6) is -0.178. The van der Waals surface area contributed by atoms with Gasteiger partial charge >= 0.3 is 0 Å². The van der Waals surface area contributed by atoms with Gasteiger partial charge in [-0.25, -0.2) is 0 Å². The van der Waals surface area contributed by atoms with Crippen molar-refractivity contribution < 1.29 is 9.53 Å². The molecule has 2 aromatic rings. The van der Waals surface area contributed by atoms with Crippen LogP contribution in [0.3, 0.4) is 0 Å². The zero-order chi connectivity index (χ0) is 14.7. The number of hydrogen-bond acceptors (Lipinski definition) is 4. The molecule has 6 heteroatoms. The molecule has 1 aliphatic rings. The first-order chi connectivity index (χ1) is 10.3. The molecule has 6 nitrogen and oxygen atoms in total. The quantitative estimate of drug-likeness (QED) is 0.877. The molecule has 2 heterocycles. The Morgan fingerprint density at radius 3 is 3.24 bits per heavy atom. The minimum absolute atomic E-state index is 0.0151. The molecule has 0 saturated carbocycles. The van der Waals surface area contributed by atoms with Gasteiger partial charge in [0.25, 0.3) is 0 Å². The Bertz CT molecular complexity index is 638. The van der Waals surface area contributed by atoms with Crippen LogP contribution in [0.2, 0.25) is 0 Å². The normalized spacial score (nSPS) is 16.3. The highest BCUT2D eigenvalue weighted by Gasteiger charge is 2.28. The number of carbonyl (C=O) groups excluding carboxylic acids is 1. The third-order valence-electron chi connectivity index (χ3n) is 3.57. The molecule has 3 rings (SSSR count). The zero-order valence-corrected chi connectivity index (χ0v) is 11.9. The Hall–Kier alpha value is -2.34. The van der Waals surface area contributed by atoms with E-state index in [2.05, 4.69) is 15.7 Å². The van der Waals surface area contributed by atoms with Gasteiger partial charge < -0.3 is 15.4 Å². The van der Waals surface area contributed by atoms with Crippen molar-refractivity contribution in [3.05, 3.63) is 42.2 Å². The molecule has 1 amide bonds. The van der Waals surface area contributed by atoms with E-state index in [0.29, 0.717) is 25.4 Å². The second-order valence-electron chi connectivity index (χ2n) is 4.99. The Morgan fingerprint density at radius 1 is 1.52 bits per heavy atom. The summed E-state index contributed by atoms with van der Waals surface area (Å²) in [5.41, 5.74) is 2.79. The van der Waals surface area contributed by atoms with E-state index in [-0.39, 0.29) is 11.8 Å². The Kier molecular flexibility index (Phi) is 3.87. The Labute approximate surface area is 123 Å². The van der Waals surface area contributed by atoms with Gasteiger partial charge in [-0.1, -0.05) is 18.2 Å². The smallest absolute Gasteiger partial charge is 0.233 e. The predicted octanol–water partition coefficient (Wildman–Crippen LogP) is 1.68. The number of ether oxygens (including phenoxy) is 1. The second-order valence-corrected chi connectivity index (χ2v) is 4.99. The van der Waals surface area contributed by atoms with Crippen LogP contribution in [0.1, 0.15) is 11.5 Å². The summed E-state index contributed by atoms with van der Waals surface area (Å²) in [6.45, 7) is 1.89. The van der Waals surface area contributed by atoms with Gasteiger partial charge in [0.1, 0.15) is 0 Å². The van der Waals surface area contributed by atoms with Gasteiger partial charge in [0, 0.05) is 25.5 Å². The van der Waals surface area contributed by atoms with Crippen LogP contribution in [0.25, 0.3) is 0 Å². The van der Waals surface area contributed by atoms with E-state index in [0.717, 1.165) is 11.3 Å². The fourth-order valence-electron chi connectivity index (χ4n) is 2.48. The van der Waals surface area contributed by atoms with Gasteiger partial charge in [0.2, 0.25) is 5.91 Å². The van der Waals surface area contributed by atoms with E-state index in [1.54, 1.807) is 18.0 Å². The van der Waals surface area contributed by atoms with Crippen molar-refractivity contribution in [2.45, 2.75) is 12.5 Å². The number of amides is 1. The van der Waals surface area contributed by atoms with Gasteiger partial charge in [-0.05, 0) is 11.6 Å². The van der Waals surface area contributed by atoms with Crippen LogP contribution in [0, 0.1) is 0 Å². The molecule has 0 spiro atoms. The standard InChI is InChI=1S/C15H18N4O2/c1-21-7-6-19-10-11(8-17-19)18-15(20)13-9-16-14-5-3-2-4-12(13)14/h2-5,8,10,13,16H,6-7,9H2,1H3,(H,18,20). The van der Waals surface area contributed by atoms with Crippen LogP contribution in [-0.2, 0) is 16.1 Å². The number of fused-ring (bicyclic) bond motifs is 1. The molecular weight excluding hydrogens is 268 g/mol. The first-order valence-corrected chi connectivity index (χ1v) is 6.93. The third kappa shape index (κ3) is 2.90. The van der Waals surface area contributed by atoms with Crippen molar-refractivity contribution in [1.82, 2.24) is 9.78 Å². The lowest BCUT2D eigenvalue weighted by molar-refractivity contribution is -0.117. The predicted molar refractivity (Wildman–Crippen MR) is 80.4 cm³/mol. The fourth-order valence-corrected chi connectivity index (χ4v) is 2.48. The largest absolute Gasteiger partial charge is 0.384 e. The monoisotopic (exact) mass is 286 g/mol. The second kappa shape index (κ2) is 5.97. The number of nitrogens with zero attached hydrogens (tertiary/aromatic N) is 2. The number of rotatable bonds is 5. The topological polar surface area (TPSA) is 68.2 Å². The van der Waals surface area contributed by atoms with Gasteiger partial charge in [-0.15, -0.1) is 0 Å². The molecule has 110 valence electrons. The Balaban J connectivity index is 1.66. The van der Waals surface area contributed by atoms with E-state index in [1.807, 2.05) is 30.5 Å². The van der Waals surface area contributed by atoms with Crippen LogP contribution in [0.5, 0.6) is 0 Å². The number of hydrogen-bond donors (Lipinski definition) is 2. The van der Waals surface area contributed by atoms with E-state index >= 15 is 0 Å². The van der Waals surface area contributed by atoms with E-state index < -0.39 is 0 Å². The highest BCUT2D eigenvalue weighted by atomic mass is 16.5. The van der Waals surface area contributed by atoms with Crippen molar-refractivity contribution >= 4 is 17.3 Å². The molecule has 1 aliphatic heterocycles. The van der Waals surface area contributed by atoms with Gasteiger partial charge in [0.05, 0.1) is 31.0 Å². The number of methoxy groups -OCH3 is 1. The molecule has 1 aromatic heterocycles.